The fourth-order valence-electron chi connectivity index (χ4n) is 12.9. The van der Waals surface area contributed by atoms with Gasteiger partial charge in [-0.25, -0.2) is 9.48 Å². The minimum atomic E-state index is -0.598. The molecule has 7 aliphatic rings. The molecule has 3 aromatic carbocycles. The van der Waals surface area contributed by atoms with Crippen LogP contribution in [-0.2, 0) is 16.1 Å². The highest BCUT2D eigenvalue weighted by molar-refractivity contribution is 6.06. The zero-order valence-corrected chi connectivity index (χ0v) is 40.8. The van der Waals surface area contributed by atoms with E-state index in [1.165, 1.54) is 6.42 Å². The molecule has 8 heterocycles. The van der Waals surface area contributed by atoms with Gasteiger partial charge >= 0.3 is 6.03 Å². The molecule has 374 valence electrons. The van der Waals surface area contributed by atoms with Gasteiger partial charge in [-0.1, -0.05) is 18.2 Å². The number of primary amides is 1. The van der Waals surface area contributed by atoms with Crippen molar-refractivity contribution in [2.24, 2.45) is 29.4 Å². The van der Waals surface area contributed by atoms with Crippen LogP contribution in [0.5, 0.6) is 11.5 Å². The van der Waals surface area contributed by atoms with Gasteiger partial charge in [0.1, 0.15) is 34.6 Å². The maximum Gasteiger partial charge on any atom is 0.319 e. The van der Waals surface area contributed by atoms with E-state index in [2.05, 4.69) is 41.0 Å². The largest absolute Gasteiger partial charge is 0.457 e. The molecule has 16 nitrogen and oxygen atoms in total. The molecule has 2 unspecified atom stereocenters. The Kier molecular flexibility index (Phi) is 13.5. The van der Waals surface area contributed by atoms with Crippen LogP contribution in [-0.4, -0.2) is 131 Å². The van der Waals surface area contributed by atoms with Gasteiger partial charge in [0.25, 0.3) is 11.8 Å². The number of para-hydroxylation sites is 1. The number of likely N-dealkylation sites (tertiary alicyclic amines) is 3. The number of carbonyl (C=O) groups is 5. The molecule has 0 bridgehead atoms. The number of rotatable bonds is 11. The smallest absolute Gasteiger partial charge is 0.319 e. The van der Waals surface area contributed by atoms with Gasteiger partial charge in [0.15, 0.2) is 0 Å². The molecule has 71 heavy (non-hydrogen) atoms. The lowest BCUT2D eigenvalue weighted by molar-refractivity contribution is -0.136. The fraction of sp³-hybridized carbons (Fsp3) is 0.527. The summed E-state index contributed by atoms with van der Waals surface area (Å²) >= 11 is 0. The minimum absolute atomic E-state index is 0.130. The Morgan fingerprint density at radius 1 is 0.718 bits per heavy atom. The first-order valence-electron chi connectivity index (χ1n) is 26.4. The molecule has 2 atom stereocenters. The summed E-state index contributed by atoms with van der Waals surface area (Å²) in [5.41, 5.74) is 10.6. The first-order valence-corrected chi connectivity index (χ1v) is 26.4. The number of imide groups is 1. The van der Waals surface area contributed by atoms with Crippen molar-refractivity contribution in [3.8, 4) is 22.8 Å². The second kappa shape index (κ2) is 20.4. The second-order valence-corrected chi connectivity index (χ2v) is 21.3. The fourth-order valence-corrected chi connectivity index (χ4v) is 12.9. The summed E-state index contributed by atoms with van der Waals surface area (Å²) in [7, 11) is 0. The number of anilines is 2. The minimum Gasteiger partial charge on any atom is -0.457 e. The Balaban J connectivity index is 0.597. The molecule has 4 N–H and O–H groups in total. The zero-order valence-electron chi connectivity index (χ0n) is 40.8. The number of nitrogens with one attached hydrogen (secondary N) is 2. The third-order valence-electron chi connectivity index (χ3n) is 16.9. The van der Waals surface area contributed by atoms with Gasteiger partial charge in [-0.05, 0) is 168 Å². The van der Waals surface area contributed by atoms with Crippen LogP contribution in [0.15, 0.2) is 72.8 Å². The standard InChI is InChI=1S/C55H68N10O6/c56-51(67)49-50(40-6-9-44(10-7-40)71-43-4-2-1-3-5-43)59-65-46(14-23-57-52(49)65)39-21-24-60(25-22-39)34-38-19-30-63(31-20-38)55(70)62-28-17-37(18-29-62)32-36-15-26-61(27-16-36)42-8-11-45-41(33-42)35-64(54(45)69)47-12-13-48(66)58-53(47)68/h1-11,33,36-39,46-47,57H,12-32,34-35H2,(H2,56,67)(H,58,66,68). The highest BCUT2D eigenvalue weighted by Crippen LogP contribution is 2.41. The Bertz CT molecular complexity index is 2610. The molecule has 6 amide bonds. The van der Waals surface area contributed by atoms with Crippen molar-refractivity contribution in [3.05, 3.63) is 89.5 Å². The van der Waals surface area contributed by atoms with Crippen LogP contribution in [0, 0.1) is 23.7 Å². The Labute approximate surface area is 416 Å². The molecule has 0 radical (unpaired) electrons. The number of benzene rings is 3. The summed E-state index contributed by atoms with van der Waals surface area (Å²) in [5, 5.41) is 10.9. The molecule has 0 aliphatic carbocycles. The van der Waals surface area contributed by atoms with Gasteiger partial charge in [-0.15, -0.1) is 0 Å². The number of ether oxygens (including phenoxy) is 1. The lowest BCUT2D eigenvalue weighted by atomic mass is 9.82. The van der Waals surface area contributed by atoms with E-state index in [1.807, 2.05) is 66.7 Å². The highest BCUT2D eigenvalue weighted by atomic mass is 16.5. The molecule has 4 aromatic rings. The quantitative estimate of drug-likeness (QED) is 0.131. The van der Waals surface area contributed by atoms with Gasteiger partial charge in [0.2, 0.25) is 11.8 Å². The predicted molar refractivity (Wildman–Crippen MR) is 270 cm³/mol. The van der Waals surface area contributed by atoms with E-state index in [9.17, 15) is 24.0 Å². The number of piperidine rings is 5. The van der Waals surface area contributed by atoms with E-state index in [4.69, 9.17) is 15.6 Å². The van der Waals surface area contributed by atoms with Crippen LogP contribution in [0.4, 0.5) is 16.3 Å². The van der Waals surface area contributed by atoms with Gasteiger partial charge in [0.05, 0.1) is 6.04 Å². The van der Waals surface area contributed by atoms with Crippen LogP contribution >= 0.6 is 0 Å². The van der Waals surface area contributed by atoms with Crippen LogP contribution in [0.1, 0.15) is 109 Å². The van der Waals surface area contributed by atoms with Crippen molar-refractivity contribution in [3.63, 3.8) is 0 Å². The van der Waals surface area contributed by atoms with E-state index < -0.39 is 11.9 Å². The number of hydrogen-bond donors (Lipinski definition) is 3. The first kappa shape index (κ1) is 46.9. The molecule has 5 fully saturated rings. The van der Waals surface area contributed by atoms with Crippen molar-refractivity contribution in [2.75, 3.05) is 75.7 Å². The number of nitrogens with two attached hydrogens (primary N) is 1. The van der Waals surface area contributed by atoms with E-state index in [1.54, 1.807) is 4.90 Å². The van der Waals surface area contributed by atoms with Crippen molar-refractivity contribution in [2.45, 2.75) is 95.7 Å². The lowest BCUT2D eigenvalue weighted by Crippen LogP contribution is -2.52. The zero-order chi connectivity index (χ0) is 48.6. The third-order valence-corrected chi connectivity index (χ3v) is 16.9. The monoisotopic (exact) mass is 965 g/mol. The van der Waals surface area contributed by atoms with E-state index in [0.717, 1.165) is 152 Å². The summed E-state index contributed by atoms with van der Waals surface area (Å²) in [6.45, 7) is 9.68. The van der Waals surface area contributed by atoms with E-state index in [-0.39, 0.29) is 36.2 Å². The number of carbonyl (C=O) groups excluding carboxylic acids is 5. The lowest BCUT2D eigenvalue weighted by Gasteiger charge is -2.42. The SMILES string of the molecule is NC(=O)c1c(-c2ccc(Oc3ccccc3)cc2)nn2c1NCCC2C1CCN(CC2CCN(C(=O)N3CCC(CC4CCN(c5ccc6c(c5)CN(C5CCC(=O)NC5=O)C6=O)CC4)CC3)CC2)CC1. The number of nitrogens with zero attached hydrogens (tertiary/aromatic N) is 7. The molecule has 0 saturated carbocycles. The highest BCUT2D eigenvalue weighted by Gasteiger charge is 2.40. The molecule has 7 aliphatic heterocycles. The maximum absolute atomic E-state index is 13.8. The van der Waals surface area contributed by atoms with Crippen molar-refractivity contribution in [1.29, 1.82) is 0 Å². The molecule has 5 saturated heterocycles. The Hall–Kier alpha value is -6.42. The predicted octanol–water partition coefficient (Wildman–Crippen LogP) is 7.12. The summed E-state index contributed by atoms with van der Waals surface area (Å²) in [6, 6.07) is 23.2. The number of urea groups is 1. The first-order chi connectivity index (χ1) is 34.6. The molecule has 16 heteroatoms. The molecule has 0 spiro atoms. The van der Waals surface area contributed by atoms with Crippen molar-refractivity contribution in [1.82, 2.24) is 34.7 Å². The summed E-state index contributed by atoms with van der Waals surface area (Å²) in [6.07, 6.45) is 11.5. The van der Waals surface area contributed by atoms with E-state index >= 15 is 0 Å². The average Bonchev–Trinajstić information content (AvgIpc) is 3.95. The van der Waals surface area contributed by atoms with Crippen molar-refractivity contribution < 1.29 is 28.7 Å². The van der Waals surface area contributed by atoms with E-state index in [0.29, 0.717) is 59.2 Å². The number of hydrogen-bond acceptors (Lipinski definition) is 10. The van der Waals surface area contributed by atoms with Crippen LogP contribution in [0.3, 0.4) is 0 Å². The third kappa shape index (κ3) is 9.96. The summed E-state index contributed by atoms with van der Waals surface area (Å²) < 4.78 is 8.06. The summed E-state index contributed by atoms with van der Waals surface area (Å²) in [5.74, 6) is 3.32. The number of fused-ring (bicyclic) bond motifs is 2. The summed E-state index contributed by atoms with van der Waals surface area (Å²) in [4.78, 5) is 75.0. The topological polar surface area (TPSA) is 179 Å². The average molecular weight is 965 g/mol. The number of aromatic nitrogens is 2. The number of amides is 6. The van der Waals surface area contributed by atoms with Crippen LogP contribution in [0.25, 0.3) is 11.3 Å². The Morgan fingerprint density at radius 2 is 1.38 bits per heavy atom. The van der Waals surface area contributed by atoms with Crippen molar-refractivity contribution >= 4 is 41.2 Å². The maximum atomic E-state index is 13.8. The van der Waals surface area contributed by atoms with Gasteiger partial charge in [-0.2, -0.15) is 5.10 Å². The molecular weight excluding hydrogens is 897 g/mol. The van der Waals surface area contributed by atoms with Gasteiger partial charge in [-0.3, -0.25) is 24.5 Å². The van der Waals surface area contributed by atoms with Gasteiger partial charge < -0.3 is 40.3 Å². The normalized spacial score (nSPS) is 23.1. The van der Waals surface area contributed by atoms with Crippen LogP contribution < -0.4 is 26.0 Å². The van der Waals surface area contributed by atoms with Gasteiger partial charge in [0, 0.05) is 82.1 Å². The second-order valence-electron chi connectivity index (χ2n) is 21.3. The molecular formula is C55H68N10O6. The van der Waals surface area contributed by atoms with Crippen LogP contribution in [0.2, 0.25) is 0 Å². The Morgan fingerprint density at radius 3 is 2.06 bits per heavy atom. The molecule has 11 rings (SSSR count). The molecule has 1 aromatic heterocycles.